The van der Waals surface area contributed by atoms with Crippen molar-refractivity contribution < 1.29 is 14.5 Å². The molecule has 3 aromatic carbocycles. The molecule has 0 fully saturated rings. The molecule has 0 radical (unpaired) electrons. The topological polar surface area (TPSA) is 147 Å². The predicted molar refractivity (Wildman–Crippen MR) is 133 cm³/mol. The molecule has 4 aromatic rings. The molecule has 186 valence electrons. The fourth-order valence-corrected chi connectivity index (χ4v) is 4.29. The molecule has 0 bridgehead atoms. The third-order valence-electron chi connectivity index (χ3n) is 6.12. The van der Waals surface area contributed by atoms with E-state index in [2.05, 4.69) is 15.1 Å². The number of carbonyl (C=O) groups excluding carboxylic acids is 2. The number of imide groups is 1. The van der Waals surface area contributed by atoms with Crippen LogP contribution in [0.1, 0.15) is 33.2 Å². The van der Waals surface area contributed by atoms with Crippen LogP contribution in [-0.2, 0) is 17.8 Å². The first-order chi connectivity index (χ1) is 18.5. The summed E-state index contributed by atoms with van der Waals surface area (Å²) in [5, 5.41) is 24.8. The highest BCUT2D eigenvalue weighted by atomic mass is 16.6. The molecule has 0 aliphatic carbocycles. The Hall–Kier alpha value is -5.50. The summed E-state index contributed by atoms with van der Waals surface area (Å²) in [6.07, 6.45) is 1.93. The fourth-order valence-electron chi connectivity index (χ4n) is 4.29. The van der Waals surface area contributed by atoms with Gasteiger partial charge in [-0.1, -0.05) is 60.7 Å². The van der Waals surface area contributed by atoms with Crippen LogP contribution >= 0.6 is 0 Å². The first kappa shape index (κ1) is 24.2. The lowest BCUT2D eigenvalue weighted by Crippen LogP contribution is -2.48. The van der Waals surface area contributed by atoms with Gasteiger partial charge in [0.2, 0.25) is 12.1 Å². The number of carbonyl (C=O) groups is 2. The SMILES string of the molecule is N#CN=c1nc2c(nn1-c1ccc([N+](=O)[O-])cc1)C(=O)N(Cc1ccccc1)C(=O)C2Cc1ccccc1. The molecule has 2 heterocycles. The Labute approximate surface area is 216 Å². The summed E-state index contributed by atoms with van der Waals surface area (Å²) in [7, 11) is 0. The Morgan fingerprint density at radius 2 is 1.58 bits per heavy atom. The van der Waals surface area contributed by atoms with Crippen molar-refractivity contribution in [3.05, 3.63) is 123 Å². The zero-order valence-electron chi connectivity index (χ0n) is 19.8. The fraction of sp³-hybridized carbons (Fsp3) is 0.111. The number of fused-ring (bicyclic) bond motifs is 1. The average Bonchev–Trinajstić information content (AvgIpc) is 2.94. The molecule has 1 aromatic heterocycles. The standard InChI is InChI=1S/C27H19N7O4/c28-17-29-27-30-23-22(15-18-7-3-1-4-8-18)25(35)32(16-19-9-5-2-6-10-19)26(36)24(23)31-33(27)20-11-13-21(14-12-20)34(37)38/h1-14,22H,15-16H2. The van der Waals surface area contributed by atoms with E-state index >= 15 is 0 Å². The molecule has 0 saturated heterocycles. The molecule has 0 saturated carbocycles. The number of nitro groups is 1. The Balaban J connectivity index is 1.67. The summed E-state index contributed by atoms with van der Waals surface area (Å²) in [6.45, 7) is 0.0484. The number of aromatic nitrogens is 3. The van der Waals surface area contributed by atoms with Gasteiger partial charge in [0.25, 0.3) is 17.2 Å². The quantitative estimate of drug-likeness (QED) is 0.169. The number of non-ortho nitro benzene ring substituents is 1. The largest absolute Gasteiger partial charge is 0.283 e. The molecule has 38 heavy (non-hydrogen) atoms. The normalized spacial score (nSPS) is 15.2. The molecule has 0 N–H and O–H groups in total. The van der Waals surface area contributed by atoms with Gasteiger partial charge in [0.05, 0.1) is 28.8 Å². The van der Waals surface area contributed by atoms with Gasteiger partial charge in [-0.05, 0) is 29.7 Å². The summed E-state index contributed by atoms with van der Waals surface area (Å²) >= 11 is 0. The van der Waals surface area contributed by atoms with Crippen LogP contribution < -0.4 is 5.62 Å². The number of hydrogen-bond donors (Lipinski definition) is 0. The monoisotopic (exact) mass is 505 g/mol. The van der Waals surface area contributed by atoms with Crippen LogP contribution in [0.25, 0.3) is 5.69 Å². The number of nitrogens with zero attached hydrogens (tertiary/aromatic N) is 7. The van der Waals surface area contributed by atoms with Gasteiger partial charge in [-0.15, -0.1) is 4.99 Å². The summed E-state index contributed by atoms with van der Waals surface area (Å²) < 4.78 is 1.17. The third kappa shape index (κ3) is 4.66. The number of hydrogen-bond acceptors (Lipinski definition) is 8. The Kier molecular flexibility index (Phi) is 6.52. The van der Waals surface area contributed by atoms with Crippen molar-refractivity contribution in [2.75, 3.05) is 0 Å². The Morgan fingerprint density at radius 1 is 0.947 bits per heavy atom. The van der Waals surface area contributed by atoms with E-state index in [1.807, 2.05) is 60.7 Å². The molecule has 11 heteroatoms. The van der Waals surface area contributed by atoms with E-state index in [1.54, 1.807) is 6.19 Å². The summed E-state index contributed by atoms with van der Waals surface area (Å²) in [6, 6.07) is 23.8. The minimum atomic E-state index is -0.847. The maximum Gasteiger partial charge on any atom is 0.283 e. The number of amides is 2. The molecule has 1 aliphatic heterocycles. The highest BCUT2D eigenvalue weighted by molar-refractivity contribution is 6.10. The highest BCUT2D eigenvalue weighted by Gasteiger charge is 2.42. The van der Waals surface area contributed by atoms with Gasteiger partial charge in [-0.3, -0.25) is 24.6 Å². The van der Waals surface area contributed by atoms with E-state index in [4.69, 9.17) is 0 Å². The first-order valence-electron chi connectivity index (χ1n) is 11.6. The lowest BCUT2D eigenvalue weighted by atomic mass is 9.90. The summed E-state index contributed by atoms with van der Waals surface area (Å²) in [5.74, 6) is -1.91. The smallest absolute Gasteiger partial charge is 0.274 e. The van der Waals surface area contributed by atoms with E-state index in [9.17, 15) is 25.0 Å². The van der Waals surface area contributed by atoms with Gasteiger partial charge < -0.3 is 0 Å². The molecular weight excluding hydrogens is 486 g/mol. The molecule has 1 unspecified atom stereocenters. The first-order valence-corrected chi connectivity index (χ1v) is 11.6. The van der Waals surface area contributed by atoms with Crippen molar-refractivity contribution in [2.45, 2.75) is 18.9 Å². The molecule has 1 aliphatic rings. The van der Waals surface area contributed by atoms with Gasteiger partial charge in [-0.2, -0.15) is 15.0 Å². The number of nitriles is 1. The second kappa shape index (κ2) is 10.2. The van der Waals surface area contributed by atoms with E-state index < -0.39 is 22.7 Å². The predicted octanol–water partition coefficient (Wildman–Crippen LogP) is 3.07. The van der Waals surface area contributed by atoms with E-state index in [0.29, 0.717) is 5.69 Å². The lowest BCUT2D eigenvalue weighted by molar-refractivity contribution is -0.384. The van der Waals surface area contributed by atoms with Gasteiger partial charge in [0.1, 0.15) is 0 Å². The summed E-state index contributed by atoms with van der Waals surface area (Å²) in [5.41, 5.74) is 1.70. The van der Waals surface area contributed by atoms with Crippen LogP contribution in [0, 0.1) is 21.6 Å². The van der Waals surface area contributed by atoms with Gasteiger partial charge >= 0.3 is 0 Å². The molecule has 11 nitrogen and oxygen atoms in total. The second-order valence-electron chi connectivity index (χ2n) is 8.50. The van der Waals surface area contributed by atoms with Crippen LogP contribution in [0.5, 0.6) is 0 Å². The summed E-state index contributed by atoms with van der Waals surface area (Å²) in [4.78, 5) is 47.2. The number of nitro benzene ring substituents is 1. The second-order valence-corrected chi connectivity index (χ2v) is 8.50. The minimum absolute atomic E-state index is 0.0484. The van der Waals surface area contributed by atoms with Crippen molar-refractivity contribution in [1.29, 1.82) is 5.26 Å². The van der Waals surface area contributed by atoms with E-state index in [0.717, 1.165) is 16.0 Å². The molecule has 1 atom stereocenters. The van der Waals surface area contributed by atoms with Gasteiger partial charge in [0.15, 0.2) is 5.69 Å². The Bertz CT molecular complexity index is 1640. The maximum atomic E-state index is 13.7. The van der Waals surface area contributed by atoms with Crippen LogP contribution in [0.2, 0.25) is 0 Å². The van der Waals surface area contributed by atoms with Gasteiger partial charge in [0, 0.05) is 12.1 Å². The van der Waals surface area contributed by atoms with E-state index in [1.165, 1.54) is 28.9 Å². The Morgan fingerprint density at radius 3 is 2.18 bits per heavy atom. The zero-order valence-corrected chi connectivity index (χ0v) is 19.8. The van der Waals surface area contributed by atoms with Gasteiger partial charge in [-0.25, -0.2) is 4.98 Å². The van der Waals surface area contributed by atoms with Crippen molar-refractivity contribution in [2.24, 2.45) is 4.99 Å². The van der Waals surface area contributed by atoms with Crippen LogP contribution in [0.4, 0.5) is 5.69 Å². The van der Waals surface area contributed by atoms with Crippen LogP contribution in [0.15, 0.2) is 89.9 Å². The number of rotatable bonds is 6. The average molecular weight is 505 g/mol. The van der Waals surface area contributed by atoms with Crippen molar-refractivity contribution in [1.82, 2.24) is 19.7 Å². The lowest BCUT2D eigenvalue weighted by Gasteiger charge is -2.31. The van der Waals surface area contributed by atoms with Crippen molar-refractivity contribution >= 4 is 17.5 Å². The van der Waals surface area contributed by atoms with Crippen molar-refractivity contribution in [3.8, 4) is 11.9 Å². The molecule has 0 spiro atoms. The maximum absolute atomic E-state index is 13.7. The highest BCUT2D eigenvalue weighted by Crippen LogP contribution is 2.30. The zero-order chi connectivity index (χ0) is 26.6. The minimum Gasteiger partial charge on any atom is -0.274 e. The number of benzene rings is 3. The molecular formula is C27H19N7O4. The van der Waals surface area contributed by atoms with Crippen molar-refractivity contribution in [3.63, 3.8) is 0 Å². The van der Waals surface area contributed by atoms with E-state index in [-0.39, 0.29) is 35.7 Å². The van der Waals surface area contributed by atoms with Crippen LogP contribution in [0.3, 0.4) is 0 Å². The molecule has 2 amide bonds. The van der Waals surface area contributed by atoms with Crippen LogP contribution in [-0.4, -0.2) is 36.4 Å². The third-order valence-corrected chi connectivity index (χ3v) is 6.12. The molecule has 5 rings (SSSR count).